The van der Waals surface area contributed by atoms with Crippen molar-refractivity contribution in [3.05, 3.63) is 47.5 Å². The molecule has 0 bridgehead atoms. The highest BCUT2D eigenvalue weighted by Crippen LogP contribution is 2.28. The zero-order chi connectivity index (χ0) is 25.1. The SMILES string of the molecule is CSCC[C@H](NC(=O)[C@@H]1C[C@@H](CCc2ccc(C(C)C)cc2)CN1C/C=C/[C@@H](N)CS)C(=O)O. The normalized spacial score (nSPS) is 20.6. The van der Waals surface area contributed by atoms with Crippen molar-refractivity contribution in [2.75, 3.05) is 30.9 Å². The zero-order valence-corrected chi connectivity index (χ0v) is 22.4. The Morgan fingerprint density at radius 1 is 1.32 bits per heavy atom. The van der Waals surface area contributed by atoms with Gasteiger partial charge in [-0.05, 0) is 60.7 Å². The lowest BCUT2D eigenvalue weighted by Gasteiger charge is -2.24. The number of thiol groups is 1. The molecule has 4 N–H and O–H groups in total. The molecule has 1 saturated heterocycles. The van der Waals surface area contributed by atoms with E-state index in [1.165, 1.54) is 11.1 Å². The molecule has 0 radical (unpaired) electrons. The maximum Gasteiger partial charge on any atom is 0.326 e. The summed E-state index contributed by atoms with van der Waals surface area (Å²) in [6, 6.07) is 7.51. The van der Waals surface area contributed by atoms with E-state index in [1.54, 1.807) is 11.8 Å². The van der Waals surface area contributed by atoms with Crippen LogP contribution < -0.4 is 11.1 Å². The van der Waals surface area contributed by atoms with Crippen LogP contribution in [0, 0.1) is 5.92 Å². The number of nitrogens with one attached hydrogen (secondary N) is 1. The van der Waals surface area contributed by atoms with Crippen molar-refractivity contribution in [3.8, 4) is 0 Å². The van der Waals surface area contributed by atoms with Gasteiger partial charge in [0.2, 0.25) is 5.91 Å². The molecular formula is C26H41N3O3S2. The fourth-order valence-corrected chi connectivity index (χ4v) is 4.91. The van der Waals surface area contributed by atoms with Crippen LogP contribution in [0.1, 0.15) is 50.2 Å². The standard InChI is InChI=1S/C26H41N3O3S2/c1-18(2)21-10-8-19(9-11-21)6-7-20-15-24(29(16-20)13-4-5-22(27)17-33)25(30)28-23(26(31)32)12-14-34-3/h4-5,8-11,18,20,22-24,33H,6-7,12-17,27H2,1-3H3,(H,28,30)(H,31,32)/b5-4+/t20-,22-,23+,24+/m1/s1. The summed E-state index contributed by atoms with van der Waals surface area (Å²) in [7, 11) is 0. The molecule has 0 saturated carbocycles. The Hall–Kier alpha value is -1.48. The number of thioether (sulfide) groups is 1. The van der Waals surface area contributed by atoms with Gasteiger partial charge < -0.3 is 16.2 Å². The molecule has 1 heterocycles. The van der Waals surface area contributed by atoms with Crippen LogP contribution in [0.3, 0.4) is 0 Å². The summed E-state index contributed by atoms with van der Waals surface area (Å²) in [6.45, 7) is 5.81. The highest BCUT2D eigenvalue weighted by atomic mass is 32.2. The first-order valence-electron chi connectivity index (χ1n) is 12.1. The van der Waals surface area contributed by atoms with Crippen molar-refractivity contribution in [3.63, 3.8) is 0 Å². The van der Waals surface area contributed by atoms with Gasteiger partial charge >= 0.3 is 5.97 Å². The minimum atomic E-state index is -0.979. The van der Waals surface area contributed by atoms with Crippen LogP contribution in [0.4, 0.5) is 0 Å². The van der Waals surface area contributed by atoms with Crippen molar-refractivity contribution in [2.45, 2.75) is 63.6 Å². The smallest absolute Gasteiger partial charge is 0.326 e. The fourth-order valence-electron chi connectivity index (χ4n) is 4.31. The number of rotatable bonds is 14. The summed E-state index contributed by atoms with van der Waals surface area (Å²) < 4.78 is 0. The van der Waals surface area contributed by atoms with Gasteiger partial charge in [-0.1, -0.05) is 50.3 Å². The molecule has 1 aromatic rings. The molecule has 6 nitrogen and oxygen atoms in total. The van der Waals surface area contributed by atoms with Crippen LogP contribution in [0.5, 0.6) is 0 Å². The maximum atomic E-state index is 13.1. The molecule has 1 aromatic carbocycles. The van der Waals surface area contributed by atoms with E-state index in [2.05, 4.69) is 61.0 Å². The van der Waals surface area contributed by atoms with Gasteiger partial charge in [-0.3, -0.25) is 9.69 Å². The highest BCUT2D eigenvalue weighted by Gasteiger charge is 2.37. The van der Waals surface area contributed by atoms with Crippen LogP contribution in [-0.4, -0.2) is 70.9 Å². The molecule has 1 amide bonds. The van der Waals surface area contributed by atoms with Crippen molar-refractivity contribution in [1.82, 2.24) is 10.2 Å². The number of hydrogen-bond donors (Lipinski definition) is 4. The topological polar surface area (TPSA) is 95.7 Å². The maximum absolute atomic E-state index is 13.1. The quantitative estimate of drug-likeness (QED) is 0.227. The summed E-state index contributed by atoms with van der Waals surface area (Å²) in [5, 5.41) is 12.3. The zero-order valence-electron chi connectivity index (χ0n) is 20.7. The number of amides is 1. The average Bonchev–Trinajstić information content (AvgIpc) is 3.23. The predicted molar refractivity (Wildman–Crippen MR) is 146 cm³/mol. The van der Waals surface area contributed by atoms with Gasteiger partial charge in [0.15, 0.2) is 0 Å². The third kappa shape index (κ3) is 9.29. The monoisotopic (exact) mass is 507 g/mol. The summed E-state index contributed by atoms with van der Waals surface area (Å²) in [6.07, 6.45) is 8.97. The first kappa shape index (κ1) is 28.8. The number of carboxylic acid groups (broad SMARTS) is 1. The summed E-state index contributed by atoms with van der Waals surface area (Å²) in [5.41, 5.74) is 8.59. The van der Waals surface area contributed by atoms with Gasteiger partial charge in [0.1, 0.15) is 6.04 Å². The summed E-state index contributed by atoms with van der Waals surface area (Å²) >= 11 is 5.79. The molecule has 0 aromatic heterocycles. The molecule has 0 spiro atoms. The van der Waals surface area contributed by atoms with E-state index in [1.807, 2.05) is 18.4 Å². The van der Waals surface area contributed by atoms with Gasteiger partial charge in [0.25, 0.3) is 0 Å². The molecule has 2 rings (SSSR count). The average molecular weight is 508 g/mol. The summed E-state index contributed by atoms with van der Waals surface area (Å²) in [4.78, 5) is 26.9. The van der Waals surface area contributed by atoms with Crippen LogP contribution in [0.2, 0.25) is 0 Å². The number of likely N-dealkylation sites (tertiary alicyclic amines) is 1. The minimum absolute atomic E-state index is 0.120. The molecule has 1 aliphatic heterocycles. The second-order valence-corrected chi connectivity index (χ2v) is 10.8. The Morgan fingerprint density at radius 3 is 2.62 bits per heavy atom. The van der Waals surface area contributed by atoms with Crippen molar-refractivity contribution in [2.24, 2.45) is 11.7 Å². The second-order valence-electron chi connectivity index (χ2n) is 9.46. The lowest BCUT2D eigenvalue weighted by Crippen LogP contribution is -2.49. The number of benzene rings is 1. The number of hydrogen-bond acceptors (Lipinski definition) is 6. The number of nitrogens with zero attached hydrogens (tertiary/aromatic N) is 1. The first-order chi connectivity index (χ1) is 16.2. The molecule has 1 fully saturated rings. The van der Waals surface area contributed by atoms with E-state index in [4.69, 9.17) is 5.73 Å². The highest BCUT2D eigenvalue weighted by molar-refractivity contribution is 7.98. The Morgan fingerprint density at radius 2 is 2.03 bits per heavy atom. The Balaban J connectivity index is 2.03. The molecular weight excluding hydrogens is 466 g/mol. The van der Waals surface area contributed by atoms with Gasteiger partial charge in [0.05, 0.1) is 6.04 Å². The number of aliphatic carboxylic acids is 1. The van der Waals surface area contributed by atoms with E-state index < -0.39 is 12.0 Å². The van der Waals surface area contributed by atoms with Gasteiger partial charge in [-0.15, -0.1) is 0 Å². The van der Waals surface area contributed by atoms with Gasteiger partial charge in [-0.25, -0.2) is 4.79 Å². The molecule has 1 aliphatic rings. The van der Waals surface area contributed by atoms with Gasteiger partial charge in [-0.2, -0.15) is 24.4 Å². The van der Waals surface area contributed by atoms with Crippen molar-refractivity contribution < 1.29 is 14.7 Å². The first-order valence-corrected chi connectivity index (χ1v) is 14.2. The largest absolute Gasteiger partial charge is 0.480 e. The lowest BCUT2D eigenvalue weighted by atomic mass is 9.95. The van der Waals surface area contributed by atoms with E-state index in [0.717, 1.165) is 25.8 Å². The predicted octanol–water partition coefficient (Wildman–Crippen LogP) is 3.57. The van der Waals surface area contributed by atoms with E-state index >= 15 is 0 Å². The number of carboxylic acids is 1. The molecule has 34 heavy (non-hydrogen) atoms. The van der Waals surface area contributed by atoms with E-state index in [9.17, 15) is 14.7 Å². The molecule has 190 valence electrons. The number of nitrogens with two attached hydrogens (primary N) is 1. The Kier molecular flexibility index (Phi) is 12.5. The third-order valence-electron chi connectivity index (χ3n) is 6.44. The summed E-state index contributed by atoms with van der Waals surface area (Å²) in [5.74, 6) is 0.980. The van der Waals surface area contributed by atoms with Gasteiger partial charge in [0, 0.05) is 24.9 Å². The third-order valence-corrected chi connectivity index (χ3v) is 7.51. The minimum Gasteiger partial charge on any atom is -0.480 e. The fraction of sp³-hybridized carbons (Fsp3) is 0.615. The Bertz CT molecular complexity index is 801. The molecule has 0 aliphatic carbocycles. The molecule has 0 unspecified atom stereocenters. The lowest BCUT2D eigenvalue weighted by molar-refractivity contribution is -0.142. The van der Waals surface area contributed by atoms with E-state index in [-0.39, 0.29) is 18.0 Å². The number of aryl methyl sites for hydroxylation is 1. The van der Waals surface area contributed by atoms with Crippen LogP contribution in [-0.2, 0) is 16.0 Å². The second kappa shape index (κ2) is 14.8. The molecule has 8 heteroatoms. The van der Waals surface area contributed by atoms with Crippen LogP contribution >= 0.6 is 24.4 Å². The van der Waals surface area contributed by atoms with Crippen molar-refractivity contribution in [1.29, 1.82) is 0 Å². The van der Waals surface area contributed by atoms with E-state index in [0.29, 0.717) is 36.3 Å². The van der Waals surface area contributed by atoms with Crippen LogP contribution in [0.15, 0.2) is 36.4 Å². The number of carbonyl (C=O) groups is 2. The Labute approximate surface area is 214 Å². The van der Waals surface area contributed by atoms with Crippen LogP contribution in [0.25, 0.3) is 0 Å². The van der Waals surface area contributed by atoms with Crippen molar-refractivity contribution >= 4 is 36.3 Å². The number of carbonyl (C=O) groups excluding carboxylic acids is 1. The molecule has 4 atom stereocenters.